The van der Waals surface area contributed by atoms with Gasteiger partial charge in [-0.2, -0.15) is 0 Å². The first-order valence-corrected chi connectivity index (χ1v) is 8.19. The maximum atomic E-state index is 4.82. The second-order valence-electron chi connectivity index (χ2n) is 5.95. The molecular weight excluding hydrogens is 320 g/mol. The summed E-state index contributed by atoms with van der Waals surface area (Å²) in [5.41, 5.74) is 3.10. The molecule has 5 heteroatoms. The van der Waals surface area contributed by atoms with E-state index in [0.717, 1.165) is 54.0 Å². The molecule has 0 unspecified atom stereocenters. The molecule has 0 atom stereocenters. The molecule has 0 radical (unpaired) electrons. The highest BCUT2D eigenvalue weighted by Gasteiger charge is 2.15. The fraction of sp³-hybridized carbons (Fsp3) is 0.263. The summed E-state index contributed by atoms with van der Waals surface area (Å²) < 4.78 is 0. The summed E-state index contributed by atoms with van der Waals surface area (Å²) in [5, 5.41) is 8.00. The summed E-state index contributed by atoms with van der Waals surface area (Å²) in [6.07, 6.45) is 2.22. The van der Waals surface area contributed by atoms with Gasteiger partial charge in [0.2, 0.25) is 5.95 Å². The van der Waals surface area contributed by atoms with Crippen LogP contribution in [-0.2, 0) is 0 Å². The Hall–Kier alpha value is -2.17. The molecule has 2 aromatic carbocycles. The molecule has 0 saturated carbocycles. The number of hydrogen-bond donors (Lipinski definition) is 2. The monoisotopic (exact) mass is 340 g/mol. The van der Waals surface area contributed by atoms with Crippen LogP contribution < -0.4 is 10.6 Å². The zero-order chi connectivity index (χ0) is 15.5. The number of nitrogens with one attached hydrogen (secondary N) is 2. The topological polar surface area (TPSA) is 49.8 Å². The molecule has 2 N–H and O–H groups in total. The number of para-hydroxylation sites is 1. The van der Waals surface area contributed by atoms with E-state index in [4.69, 9.17) is 9.97 Å². The molecule has 0 spiro atoms. The zero-order valence-electron chi connectivity index (χ0n) is 13.4. The van der Waals surface area contributed by atoms with Gasteiger partial charge >= 0.3 is 0 Å². The lowest BCUT2D eigenvalue weighted by Gasteiger charge is -2.24. The Bertz CT molecular complexity index is 801. The normalized spacial score (nSPS) is 15.0. The van der Waals surface area contributed by atoms with Gasteiger partial charge in [0.15, 0.2) is 0 Å². The van der Waals surface area contributed by atoms with Crippen LogP contribution in [-0.4, -0.2) is 29.1 Å². The predicted molar refractivity (Wildman–Crippen MR) is 102 cm³/mol. The molecule has 4 rings (SSSR count). The van der Waals surface area contributed by atoms with E-state index in [9.17, 15) is 0 Å². The van der Waals surface area contributed by atoms with E-state index < -0.39 is 0 Å². The highest BCUT2D eigenvalue weighted by atomic mass is 35.5. The van der Waals surface area contributed by atoms with Gasteiger partial charge in [-0.3, -0.25) is 0 Å². The van der Waals surface area contributed by atoms with Crippen LogP contribution in [0.3, 0.4) is 0 Å². The van der Waals surface area contributed by atoms with E-state index in [1.807, 2.05) is 30.3 Å². The SMILES string of the molecule is Cl.c1ccc(-c2nc(NC3CCNCC3)nc3ccccc23)cc1. The third-order valence-corrected chi connectivity index (χ3v) is 4.32. The molecule has 1 saturated heterocycles. The number of anilines is 1. The lowest BCUT2D eigenvalue weighted by atomic mass is 10.1. The molecule has 124 valence electrons. The lowest BCUT2D eigenvalue weighted by Crippen LogP contribution is -2.35. The van der Waals surface area contributed by atoms with E-state index in [1.165, 1.54) is 0 Å². The number of fused-ring (bicyclic) bond motifs is 1. The van der Waals surface area contributed by atoms with Gasteiger partial charge in [-0.15, -0.1) is 12.4 Å². The van der Waals surface area contributed by atoms with Crippen molar-refractivity contribution in [3.05, 3.63) is 54.6 Å². The average molecular weight is 341 g/mol. The van der Waals surface area contributed by atoms with Crippen molar-refractivity contribution in [2.45, 2.75) is 18.9 Å². The standard InChI is InChI=1S/C19H20N4.ClH/c1-2-6-14(7-3-1)18-16-8-4-5-9-17(16)22-19(23-18)21-15-10-12-20-13-11-15;/h1-9,15,20H,10-13H2,(H,21,22,23);1H. The van der Waals surface area contributed by atoms with Crippen LogP contribution in [0.15, 0.2) is 54.6 Å². The molecule has 0 aliphatic carbocycles. The Balaban J connectivity index is 0.00000169. The van der Waals surface area contributed by atoms with Crippen LogP contribution in [0.1, 0.15) is 12.8 Å². The molecule has 2 heterocycles. The van der Waals surface area contributed by atoms with Gasteiger partial charge < -0.3 is 10.6 Å². The number of halogens is 1. The van der Waals surface area contributed by atoms with Crippen LogP contribution in [0.4, 0.5) is 5.95 Å². The van der Waals surface area contributed by atoms with E-state index in [-0.39, 0.29) is 12.4 Å². The van der Waals surface area contributed by atoms with E-state index in [1.54, 1.807) is 0 Å². The Morgan fingerprint density at radius 1 is 0.875 bits per heavy atom. The molecule has 1 aliphatic heterocycles. The van der Waals surface area contributed by atoms with Crippen molar-refractivity contribution in [3.63, 3.8) is 0 Å². The average Bonchev–Trinajstić information content (AvgIpc) is 2.63. The number of aromatic nitrogens is 2. The smallest absolute Gasteiger partial charge is 0.224 e. The molecule has 1 aromatic heterocycles. The zero-order valence-corrected chi connectivity index (χ0v) is 14.2. The van der Waals surface area contributed by atoms with Crippen LogP contribution in [0.5, 0.6) is 0 Å². The molecule has 4 nitrogen and oxygen atoms in total. The minimum absolute atomic E-state index is 0. The van der Waals surface area contributed by atoms with E-state index in [2.05, 4.69) is 34.9 Å². The summed E-state index contributed by atoms with van der Waals surface area (Å²) in [6, 6.07) is 19.0. The van der Waals surface area contributed by atoms with Crippen molar-refractivity contribution in [2.24, 2.45) is 0 Å². The van der Waals surface area contributed by atoms with Crippen LogP contribution in [0, 0.1) is 0 Å². The van der Waals surface area contributed by atoms with Crippen LogP contribution >= 0.6 is 12.4 Å². The Labute approximate surface area is 148 Å². The number of benzene rings is 2. The lowest BCUT2D eigenvalue weighted by molar-refractivity contribution is 0.477. The molecule has 3 aromatic rings. The second-order valence-corrected chi connectivity index (χ2v) is 5.95. The summed E-state index contributed by atoms with van der Waals surface area (Å²) >= 11 is 0. The van der Waals surface area contributed by atoms with E-state index in [0.29, 0.717) is 6.04 Å². The molecule has 0 amide bonds. The van der Waals surface area contributed by atoms with E-state index >= 15 is 0 Å². The number of hydrogen-bond acceptors (Lipinski definition) is 4. The Morgan fingerprint density at radius 2 is 1.58 bits per heavy atom. The number of piperidine rings is 1. The van der Waals surface area contributed by atoms with Crippen molar-refractivity contribution < 1.29 is 0 Å². The third-order valence-electron chi connectivity index (χ3n) is 4.32. The molecule has 0 bridgehead atoms. The van der Waals surface area contributed by atoms with Gasteiger partial charge in [0.05, 0.1) is 11.2 Å². The molecule has 1 fully saturated rings. The summed E-state index contributed by atoms with van der Waals surface area (Å²) in [5.74, 6) is 0.731. The van der Waals surface area contributed by atoms with Gasteiger partial charge in [0.25, 0.3) is 0 Å². The maximum absolute atomic E-state index is 4.82. The first-order chi connectivity index (χ1) is 11.4. The second kappa shape index (κ2) is 7.60. The minimum Gasteiger partial charge on any atom is -0.351 e. The largest absolute Gasteiger partial charge is 0.351 e. The Morgan fingerprint density at radius 3 is 2.38 bits per heavy atom. The third kappa shape index (κ3) is 3.50. The molecule has 24 heavy (non-hydrogen) atoms. The van der Waals surface area contributed by atoms with Gasteiger partial charge in [-0.05, 0) is 32.0 Å². The highest BCUT2D eigenvalue weighted by Crippen LogP contribution is 2.27. The fourth-order valence-electron chi connectivity index (χ4n) is 3.11. The first-order valence-electron chi connectivity index (χ1n) is 8.19. The van der Waals surface area contributed by atoms with Crippen molar-refractivity contribution >= 4 is 29.3 Å². The first kappa shape index (κ1) is 16.7. The number of nitrogens with zero attached hydrogens (tertiary/aromatic N) is 2. The summed E-state index contributed by atoms with van der Waals surface area (Å²) in [4.78, 5) is 9.54. The van der Waals surface area contributed by atoms with Gasteiger partial charge in [-0.25, -0.2) is 9.97 Å². The van der Waals surface area contributed by atoms with Crippen molar-refractivity contribution in [3.8, 4) is 11.3 Å². The minimum atomic E-state index is 0. The molecule has 1 aliphatic rings. The predicted octanol–water partition coefficient (Wildman–Crippen LogP) is 3.88. The highest BCUT2D eigenvalue weighted by molar-refractivity contribution is 5.93. The summed E-state index contributed by atoms with van der Waals surface area (Å²) in [7, 11) is 0. The Kier molecular flexibility index (Phi) is 5.28. The molecular formula is C19H21ClN4. The van der Waals surface area contributed by atoms with Crippen molar-refractivity contribution in [2.75, 3.05) is 18.4 Å². The van der Waals surface area contributed by atoms with Gasteiger partial charge in [-0.1, -0.05) is 48.5 Å². The van der Waals surface area contributed by atoms with Gasteiger partial charge in [0, 0.05) is 17.0 Å². The summed E-state index contributed by atoms with van der Waals surface area (Å²) in [6.45, 7) is 2.10. The van der Waals surface area contributed by atoms with Gasteiger partial charge in [0.1, 0.15) is 0 Å². The quantitative estimate of drug-likeness (QED) is 0.759. The van der Waals surface area contributed by atoms with Crippen molar-refractivity contribution in [1.82, 2.24) is 15.3 Å². The van der Waals surface area contributed by atoms with Crippen molar-refractivity contribution in [1.29, 1.82) is 0 Å². The van der Waals surface area contributed by atoms with Crippen LogP contribution in [0.25, 0.3) is 22.2 Å². The number of rotatable bonds is 3. The maximum Gasteiger partial charge on any atom is 0.224 e. The fourth-order valence-corrected chi connectivity index (χ4v) is 3.11. The van der Waals surface area contributed by atoms with Crippen LogP contribution in [0.2, 0.25) is 0 Å².